The Balaban J connectivity index is 2.10. The number of nitrogens with two attached hydrogens (primary N) is 1. The second-order valence-corrected chi connectivity index (χ2v) is 8.09. The van der Waals surface area contributed by atoms with Gasteiger partial charge in [-0.05, 0) is 31.0 Å². The van der Waals surface area contributed by atoms with Gasteiger partial charge in [0.15, 0.2) is 0 Å². The molecule has 1 saturated heterocycles. The van der Waals surface area contributed by atoms with Crippen LogP contribution in [0.2, 0.25) is 0 Å². The van der Waals surface area contributed by atoms with Crippen LogP contribution in [-0.4, -0.2) is 41.1 Å². The average molecular weight is 343 g/mol. The van der Waals surface area contributed by atoms with Crippen molar-refractivity contribution in [2.24, 2.45) is 5.73 Å². The van der Waals surface area contributed by atoms with E-state index in [9.17, 15) is 0 Å². The van der Waals surface area contributed by atoms with Crippen molar-refractivity contribution in [2.45, 2.75) is 31.1 Å². The predicted molar refractivity (Wildman–Crippen MR) is 88.8 cm³/mol. The number of rotatable bonds is 4. The second kappa shape index (κ2) is 6.61. The van der Waals surface area contributed by atoms with Crippen molar-refractivity contribution in [3.8, 4) is 0 Å². The summed E-state index contributed by atoms with van der Waals surface area (Å²) in [6.45, 7) is 7.62. The van der Waals surface area contributed by atoms with Gasteiger partial charge < -0.3 is 5.73 Å². The molecule has 0 aromatic heterocycles. The van der Waals surface area contributed by atoms with E-state index in [0.717, 1.165) is 24.0 Å². The van der Waals surface area contributed by atoms with Crippen molar-refractivity contribution in [3.05, 3.63) is 34.3 Å². The summed E-state index contributed by atoms with van der Waals surface area (Å²) in [4.78, 5) is 2.58. The molecule has 2 unspecified atom stereocenters. The van der Waals surface area contributed by atoms with E-state index in [1.165, 1.54) is 11.3 Å². The maximum absolute atomic E-state index is 6.10. The third-order valence-electron chi connectivity index (χ3n) is 3.94. The zero-order valence-corrected chi connectivity index (χ0v) is 14.1. The fourth-order valence-corrected chi connectivity index (χ4v) is 3.94. The molecular weight excluding hydrogens is 320 g/mol. The van der Waals surface area contributed by atoms with Gasteiger partial charge in [0, 0.05) is 40.6 Å². The van der Waals surface area contributed by atoms with E-state index in [-0.39, 0.29) is 5.54 Å². The van der Waals surface area contributed by atoms with Gasteiger partial charge >= 0.3 is 0 Å². The molecule has 0 radical (unpaired) electrons. The van der Waals surface area contributed by atoms with Gasteiger partial charge in [-0.3, -0.25) is 4.90 Å². The molecule has 1 fully saturated rings. The van der Waals surface area contributed by atoms with Crippen LogP contribution in [0.5, 0.6) is 0 Å². The second-order valence-electron chi connectivity index (χ2n) is 5.63. The number of thioether (sulfide) groups is 1. The molecule has 0 aliphatic carbocycles. The van der Waals surface area contributed by atoms with E-state index in [2.05, 4.69) is 70.7 Å². The highest BCUT2D eigenvalue weighted by molar-refractivity contribution is 9.10. The molecule has 0 amide bonds. The molecule has 106 valence electrons. The van der Waals surface area contributed by atoms with Crippen molar-refractivity contribution in [1.29, 1.82) is 0 Å². The summed E-state index contributed by atoms with van der Waals surface area (Å²) in [7, 11) is 0. The summed E-state index contributed by atoms with van der Waals surface area (Å²) in [6, 6.07) is 8.61. The number of benzene rings is 1. The van der Waals surface area contributed by atoms with Crippen LogP contribution in [-0.2, 0) is 6.42 Å². The number of nitrogens with zero attached hydrogens (tertiary/aromatic N) is 1. The lowest BCUT2D eigenvalue weighted by Gasteiger charge is -2.44. The van der Waals surface area contributed by atoms with Crippen LogP contribution in [0.3, 0.4) is 0 Å². The summed E-state index contributed by atoms with van der Waals surface area (Å²) in [5, 5.41) is 0.713. The zero-order chi connectivity index (χ0) is 13.9. The Labute approximate surface area is 129 Å². The fourth-order valence-electron chi connectivity index (χ4n) is 2.66. The lowest BCUT2D eigenvalue weighted by molar-refractivity contribution is 0.116. The average Bonchev–Trinajstić information content (AvgIpc) is 2.41. The van der Waals surface area contributed by atoms with Crippen molar-refractivity contribution >= 4 is 27.7 Å². The van der Waals surface area contributed by atoms with Crippen molar-refractivity contribution < 1.29 is 0 Å². The molecule has 4 heteroatoms. The lowest BCUT2D eigenvalue weighted by Crippen LogP contribution is -2.57. The van der Waals surface area contributed by atoms with Gasteiger partial charge in [-0.2, -0.15) is 11.8 Å². The van der Waals surface area contributed by atoms with Crippen LogP contribution in [0.1, 0.15) is 19.4 Å². The summed E-state index contributed by atoms with van der Waals surface area (Å²) in [6.07, 6.45) is 1.02. The molecule has 0 saturated carbocycles. The summed E-state index contributed by atoms with van der Waals surface area (Å²) in [5.41, 5.74) is 7.54. The topological polar surface area (TPSA) is 29.3 Å². The Morgan fingerprint density at radius 1 is 1.42 bits per heavy atom. The first kappa shape index (κ1) is 15.4. The molecule has 0 bridgehead atoms. The van der Waals surface area contributed by atoms with Crippen molar-refractivity contribution in [3.63, 3.8) is 0 Å². The number of halogens is 1. The van der Waals surface area contributed by atoms with Gasteiger partial charge in [0.1, 0.15) is 0 Å². The van der Waals surface area contributed by atoms with Gasteiger partial charge in [-0.1, -0.05) is 35.0 Å². The van der Waals surface area contributed by atoms with E-state index >= 15 is 0 Å². The zero-order valence-electron chi connectivity index (χ0n) is 11.7. The molecule has 0 spiro atoms. The molecule has 1 heterocycles. The molecular formula is C15H23BrN2S. The predicted octanol–water partition coefficient (Wildman–Crippen LogP) is 3.15. The highest BCUT2D eigenvalue weighted by atomic mass is 79.9. The third kappa shape index (κ3) is 3.97. The standard InChI is InChI=1S/C15H23BrN2S/c1-12-10-18(7-8-19-12)15(2,11-17)9-13-3-5-14(16)6-4-13/h3-6,12H,7-11,17H2,1-2H3. The van der Waals surface area contributed by atoms with Crippen molar-refractivity contribution in [2.75, 3.05) is 25.4 Å². The van der Waals surface area contributed by atoms with Crippen molar-refractivity contribution in [1.82, 2.24) is 4.90 Å². The monoisotopic (exact) mass is 342 g/mol. The number of hydrogen-bond donors (Lipinski definition) is 1. The highest BCUT2D eigenvalue weighted by Crippen LogP contribution is 2.27. The summed E-state index contributed by atoms with van der Waals surface area (Å²) >= 11 is 5.56. The van der Waals surface area contributed by atoms with E-state index in [4.69, 9.17) is 5.73 Å². The van der Waals surface area contributed by atoms with Crippen LogP contribution in [0.15, 0.2) is 28.7 Å². The Bertz CT molecular complexity index is 409. The smallest absolute Gasteiger partial charge is 0.0344 e. The molecule has 1 aromatic carbocycles. The minimum Gasteiger partial charge on any atom is -0.329 e. The van der Waals surface area contributed by atoms with Gasteiger partial charge in [0.2, 0.25) is 0 Å². The summed E-state index contributed by atoms with van der Waals surface area (Å²) < 4.78 is 1.13. The maximum Gasteiger partial charge on any atom is 0.0344 e. The van der Waals surface area contributed by atoms with Crippen LogP contribution < -0.4 is 5.73 Å². The minimum atomic E-state index is 0.0725. The van der Waals surface area contributed by atoms with Gasteiger partial charge in [0.25, 0.3) is 0 Å². The van der Waals surface area contributed by atoms with E-state index in [1.807, 2.05) is 0 Å². The quantitative estimate of drug-likeness (QED) is 0.911. The minimum absolute atomic E-state index is 0.0725. The maximum atomic E-state index is 6.10. The molecule has 2 atom stereocenters. The number of hydrogen-bond acceptors (Lipinski definition) is 3. The van der Waals surface area contributed by atoms with E-state index in [1.54, 1.807) is 0 Å². The molecule has 2 nitrogen and oxygen atoms in total. The van der Waals surface area contributed by atoms with Crippen LogP contribution in [0, 0.1) is 0 Å². The largest absolute Gasteiger partial charge is 0.329 e. The molecule has 1 aliphatic heterocycles. The van der Waals surface area contributed by atoms with Crippen LogP contribution in [0.25, 0.3) is 0 Å². The Hall–Kier alpha value is -0.0300. The fraction of sp³-hybridized carbons (Fsp3) is 0.600. The Morgan fingerprint density at radius 2 is 2.11 bits per heavy atom. The van der Waals surface area contributed by atoms with Gasteiger partial charge in [0.05, 0.1) is 0 Å². The Kier molecular flexibility index (Phi) is 5.35. The normalized spacial score (nSPS) is 24.1. The van der Waals surface area contributed by atoms with Crippen LogP contribution in [0.4, 0.5) is 0 Å². The molecule has 19 heavy (non-hydrogen) atoms. The third-order valence-corrected chi connectivity index (χ3v) is 5.61. The molecule has 1 aromatic rings. The van der Waals surface area contributed by atoms with Crippen LogP contribution >= 0.6 is 27.7 Å². The first-order chi connectivity index (χ1) is 9.03. The molecule has 2 rings (SSSR count). The van der Waals surface area contributed by atoms with E-state index in [0.29, 0.717) is 11.8 Å². The molecule has 2 N–H and O–H groups in total. The van der Waals surface area contributed by atoms with Gasteiger partial charge in [-0.15, -0.1) is 0 Å². The lowest BCUT2D eigenvalue weighted by atomic mass is 9.90. The Morgan fingerprint density at radius 3 is 2.68 bits per heavy atom. The first-order valence-electron chi connectivity index (χ1n) is 6.85. The molecule has 1 aliphatic rings. The highest BCUT2D eigenvalue weighted by Gasteiger charge is 2.33. The SMILES string of the molecule is CC1CN(C(C)(CN)Cc2ccc(Br)cc2)CCS1. The first-order valence-corrected chi connectivity index (χ1v) is 8.69. The van der Waals surface area contributed by atoms with E-state index < -0.39 is 0 Å². The summed E-state index contributed by atoms with van der Waals surface area (Å²) in [5.74, 6) is 1.22. The van der Waals surface area contributed by atoms with Gasteiger partial charge in [-0.25, -0.2) is 0 Å².